The number of likely N-dealkylation sites (tertiary alicyclic amines) is 1. The van der Waals surface area contributed by atoms with Gasteiger partial charge in [-0.15, -0.1) is 0 Å². The fourth-order valence-electron chi connectivity index (χ4n) is 2.42. The van der Waals surface area contributed by atoms with Crippen LogP contribution in [0.25, 0.3) is 0 Å². The summed E-state index contributed by atoms with van der Waals surface area (Å²) in [5.74, 6) is -0.703. The normalized spacial score (nSPS) is 24.2. The molecule has 0 radical (unpaired) electrons. The SMILES string of the molecule is CCOC[C@H]1CCCCN1[C@@H](CC)C(=O)O. The van der Waals surface area contributed by atoms with Crippen molar-refractivity contribution in [3.63, 3.8) is 0 Å². The number of hydrogen-bond acceptors (Lipinski definition) is 3. The van der Waals surface area contributed by atoms with Crippen molar-refractivity contribution in [2.75, 3.05) is 19.8 Å². The summed E-state index contributed by atoms with van der Waals surface area (Å²) in [6.07, 6.45) is 4.01. The molecule has 2 atom stereocenters. The number of carbonyl (C=O) groups is 1. The van der Waals surface area contributed by atoms with Crippen LogP contribution < -0.4 is 0 Å². The summed E-state index contributed by atoms with van der Waals surface area (Å²) < 4.78 is 5.44. The molecule has 0 bridgehead atoms. The highest BCUT2D eigenvalue weighted by molar-refractivity contribution is 5.73. The lowest BCUT2D eigenvalue weighted by Crippen LogP contribution is -2.51. The van der Waals surface area contributed by atoms with Gasteiger partial charge in [0.2, 0.25) is 0 Å². The zero-order valence-electron chi connectivity index (χ0n) is 10.3. The van der Waals surface area contributed by atoms with Crippen molar-refractivity contribution in [3.05, 3.63) is 0 Å². The van der Waals surface area contributed by atoms with Crippen LogP contribution in [0, 0.1) is 0 Å². The van der Waals surface area contributed by atoms with Gasteiger partial charge in [0.15, 0.2) is 0 Å². The summed E-state index contributed by atoms with van der Waals surface area (Å²) in [6, 6.07) is -0.0551. The summed E-state index contributed by atoms with van der Waals surface area (Å²) in [6.45, 7) is 6.17. The van der Waals surface area contributed by atoms with Crippen LogP contribution in [0.3, 0.4) is 0 Å². The van der Waals surface area contributed by atoms with Crippen molar-refractivity contribution in [2.24, 2.45) is 0 Å². The highest BCUT2D eigenvalue weighted by Gasteiger charge is 2.31. The predicted molar refractivity (Wildman–Crippen MR) is 62.6 cm³/mol. The Morgan fingerprint density at radius 1 is 1.50 bits per heavy atom. The van der Waals surface area contributed by atoms with Crippen LogP contribution in [0.5, 0.6) is 0 Å². The molecular formula is C12H23NO3. The van der Waals surface area contributed by atoms with Gasteiger partial charge in [0.1, 0.15) is 6.04 Å². The van der Waals surface area contributed by atoms with Gasteiger partial charge in [0, 0.05) is 12.6 Å². The first-order valence-electron chi connectivity index (χ1n) is 6.27. The topological polar surface area (TPSA) is 49.8 Å². The number of nitrogens with zero attached hydrogens (tertiary/aromatic N) is 1. The van der Waals surface area contributed by atoms with E-state index < -0.39 is 5.97 Å². The summed E-state index contributed by atoms with van der Waals surface area (Å²) >= 11 is 0. The van der Waals surface area contributed by atoms with Crippen LogP contribution in [0.4, 0.5) is 0 Å². The van der Waals surface area contributed by atoms with E-state index in [1.54, 1.807) is 0 Å². The third-order valence-electron chi connectivity index (χ3n) is 3.26. The lowest BCUT2D eigenvalue weighted by atomic mass is 9.99. The van der Waals surface area contributed by atoms with Crippen LogP contribution in [0.2, 0.25) is 0 Å². The molecule has 94 valence electrons. The zero-order chi connectivity index (χ0) is 12.0. The van der Waals surface area contributed by atoms with Crippen molar-refractivity contribution in [1.29, 1.82) is 0 Å². The van der Waals surface area contributed by atoms with Crippen molar-refractivity contribution in [3.8, 4) is 0 Å². The number of rotatable bonds is 6. The Morgan fingerprint density at radius 3 is 2.81 bits per heavy atom. The first kappa shape index (κ1) is 13.5. The molecule has 1 heterocycles. The Morgan fingerprint density at radius 2 is 2.25 bits per heavy atom. The average Bonchev–Trinajstić information content (AvgIpc) is 2.28. The van der Waals surface area contributed by atoms with Crippen LogP contribution >= 0.6 is 0 Å². The quantitative estimate of drug-likeness (QED) is 0.753. The highest BCUT2D eigenvalue weighted by Crippen LogP contribution is 2.21. The summed E-state index contributed by atoms with van der Waals surface area (Å²) in [5.41, 5.74) is 0. The molecular weight excluding hydrogens is 206 g/mol. The molecule has 0 aromatic rings. The minimum absolute atomic E-state index is 0.287. The molecule has 0 aliphatic carbocycles. The Labute approximate surface area is 97.6 Å². The van der Waals surface area contributed by atoms with Crippen molar-refractivity contribution in [2.45, 2.75) is 51.6 Å². The van der Waals surface area contributed by atoms with Gasteiger partial charge in [0.25, 0.3) is 0 Å². The minimum atomic E-state index is -0.703. The molecule has 0 unspecified atom stereocenters. The lowest BCUT2D eigenvalue weighted by molar-refractivity contribution is -0.145. The molecule has 1 N–H and O–H groups in total. The lowest BCUT2D eigenvalue weighted by Gasteiger charge is -2.38. The summed E-state index contributed by atoms with van der Waals surface area (Å²) in [5, 5.41) is 9.19. The Kier molecular flexibility index (Phi) is 5.77. The van der Waals surface area contributed by atoms with Gasteiger partial charge < -0.3 is 9.84 Å². The molecule has 1 fully saturated rings. The van der Waals surface area contributed by atoms with E-state index in [-0.39, 0.29) is 12.1 Å². The third-order valence-corrected chi connectivity index (χ3v) is 3.26. The van der Waals surface area contributed by atoms with Crippen molar-refractivity contribution < 1.29 is 14.6 Å². The Balaban J connectivity index is 2.60. The molecule has 16 heavy (non-hydrogen) atoms. The molecule has 0 amide bonds. The van der Waals surface area contributed by atoms with E-state index in [1.165, 1.54) is 6.42 Å². The van der Waals surface area contributed by atoms with E-state index in [9.17, 15) is 9.90 Å². The van der Waals surface area contributed by atoms with Gasteiger partial charge in [-0.2, -0.15) is 0 Å². The summed E-state index contributed by atoms with van der Waals surface area (Å²) in [7, 11) is 0. The standard InChI is InChI=1S/C12H23NO3/c1-3-11(12(14)15)13-8-6-5-7-10(13)9-16-4-2/h10-11H,3-9H2,1-2H3,(H,14,15)/t10-,11+/m1/s1. The molecule has 4 heteroatoms. The van der Waals surface area contributed by atoms with Gasteiger partial charge in [-0.05, 0) is 32.7 Å². The molecule has 1 aliphatic heterocycles. The van der Waals surface area contributed by atoms with Gasteiger partial charge in [-0.1, -0.05) is 13.3 Å². The maximum absolute atomic E-state index is 11.2. The van der Waals surface area contributed by atoms with Crippen LogP contribution in [0.1, 0.15) is 39.5 Å². The maximum Gasteiger partial charge on any atom is 0.320 e. The van der Waals surface area contributed by atoms with E-state index >= 15 is 0 Å². The average molecular weight is 229 g/mol. The van der Waals surface area contributed by atoms with Crippen molar-refractivity contribution >= 4 is 5.97 Å². The highest BCUT2D eigenvalue weighted by atomic mass is 16.5. The largest absolute Gasteiger partial charge is 0.480 e. The Hall–Kier alpha value is -0.610. The number of ether oxygens (including phenoxy) is 1. The smallest absolute Gasteiger partial charge is 0.320 e. The van der Waals surface area contributed by atoms with E-state index in [0.717, 1.165) is 19.4 Å². The molecule has 1 rings (SSSR count). The monoisotopic (exact) mass is 229 g/mol. The van der Waals surface area contributed by atoms with Gasteiger partial charge >= 0.3 is 5.97 Å². The van der Waals surface area contributed by atoms with Gasteiger partial charge in [-0.25, -0.2) is 0 Å². The number of aliphatic carboxylic acids is 1. The number of carboxylic acid groups (broad SMARTS) is 1. The number of hydrogen-bond donors (Lipinski definition) is 1. The molecule has 0 aromatic heterocycles. The number of carboxylic acids is 1. The summed E-state index contributed by atoms with van der Waals surface area (Å²) in [4.78, 5) is 13.3. The second kappa shape index (κ2) is 6.86. The molecule has 0 spiro atoms. The number of piperidine rings is 1. The molecule has 0 saturated carbocycles. The second-order valence-corrected chi connectivity index (χ2v) is 4.31. The van der Waals surface area contributed by atoms with Crippen LogP contribution in [-0.2, 0) is 9.53 Å². The molecule has 4 nitrogen and oxygen atoms in total. The van der Waals surface area contributed by atoms with Gasteiger partial charge in [-0.3, -0.25) is 9.69 Å². The first-order valence-corrected chi connectivity index (χ1v) is 6.27. The minimum Gasteiger partial charge on any atom is -0.480 e. The zero-order valence-corrected chi connectivity index (χ0v) is 10.3. The van der Waals surface area contributed by atoms with E-state index in [0.29, 0.717) is 19.6 Å². The van der Waals surface area contributed by atoms with Crippen molar-refractivity contribution in [1.82, 2.24) is 4.90 Å². The fourth-order valence-corrected chi connectivity index (χ4v) is 2.42. The molecule has 0 aromatic carbocycles. The molecule has 1 saturated heterocycles. The van der Waals surface area contributed by atoms with Crippen LogP contribution in [0.15, 0.2) is 0 Å². The van der Waals surface area contributed by atoms with E-state index in [2.05, 4.69) is 4.90 Å². The fraction of sp³-hybridized carbons (Fsp3) is 0.917. The van der Waals surface area contributed by atoms with Gasteiger partial charge in [0.05, 0.1) is 6.61 Å². The third kappa shape index (κ3) is 3.46. The molecule has 1 aliphatic rings. The van der Waals surface area contributed by atoms with E-state index in [4.69, 9.17) is 4.74 Å². The predicted octanol–water partition coefficient (Wildman–Crippen LogP) is 1.74. The second-order valence-electron chi connectivity index (χ2n) is 4.31. The van der Waals surface area contributed by atoms with E-state index in [1.807, 2.05) is 13.8 Å². The maximum atomic E-state index is 11.2. The first-order chi connectivity index (χ1) is 7.70. The Bertz CT molecular complexity index is 220. The van der Waals surface area contributed by atoms with Crippen LogP contribution in [-0.4, -0.2) is 47.8 Å².